The molecule has 0 radical (unpaired) electrons. The Labute approximate surface area is 151 Å². The normalized spacial score (nSPS) is 16.5. The predicted octanol–water partition coefficient (Wildman–Crippen LogP) is 3.13. The highest BCUT2D eigenvalue weighted by Gasteiger charge is 2.15. The molecule has 6 nitrogen and oxygen atoms in total. The van der Waals surface area contributed by atoms with Crippen LogP contribution in [0.25, 0.3) is 0 Å². The molecular weight excluding hydrogens is 341 g/mol. The summed E-state index contributed by atoms with van der Waals surface area (Å²) in [6, 6.07) is 7.87. The van der Waals surface area contributed by atoms with E-state index in [4.69, 9.17) is 17.0 Å². The van der Waals surface area contributed by atoms with Gasteiger partial charge in [-0.1, -0.05) is 0 Å². The summed E-state index contributed by atoms with van der Waals surface area (Å²) in [5.74, 6) is 0.715. The second kappa shape index (κ2) is 8.17. The molecular formula is C17H20FN5OS. The van der Waals surface area contributed by atoms with Crippen molar-refractivity contribution in [1.29, 1.82) is 0 Å². The lowest BCUT2D eigenvalue weighted by molar-refractivity contribution is 0.114. The molecule has 1 aliphatic rings. The molecule has 0 amide bonds. The number of rotatable bonds is 5. The fourth-order valence-corrected chi connectivity index (χ4v) is 2.70. The average Bonchev–Trinajstić information content (AvgIpc) is 3.08. The van der Waals surface area contributed by atoms with Crippen LogP contribution in [0.5, 0.6) is 0 Å². The summed E-state index contributed by atoms with van der Waals surface area (Å²) in [5, 5.41) is 9.68. The van der Waals surface area contributed by atoms with Crippen molar-refractivity contribution in [2.24, 2.45) is 0 Å². The highest BCUT2D eigenvalue weighted by atomic mass is 32.1. The van der Waals surface area contributed by atoms with Gasteiger partial charge in [-0.3, -0.25) is 0 Å². The molecule has 0 saturated carbocycles. The molecule has 25 heavy (non-hydrogen) atoms. The standard InChI is InChI=1S/C17H20FN5OS/c1-11-9-15(21-13-6-4-12(18)5-7-13)22-16(20-11)23-17(25)19-10-14-3-2-8-24-14/h4-7,9,14H,2-3,8,10H2,1H3,(H3,19,20,21,22,23,25)/t14-/m0/s1. The number of nitrogens with zero attached hydrogens (tertiary/aromatic N) is 2. The molecule has 2 heterocycles. The highest BCUT2D eigenvalue weighted by Crippen LogP contribution is 2.17. The van der Waals surface area contributed by atoms with E-state index in [0.717, 1.165) is 30.8 Å². The van der Waals surface area contributed by atoms with Gasteiger partial charge in [0.1, 0.15) is 11.6 Å². The van der Waals surface area contributed by atoms with E-state index in [-0.39, 0.29) is 11.9 Å². The number of halogens is 1. The van der Waals surface area contributed by atoms with Crippen LogP contribution in [0, 0.1) is 12.7 Å². The van der Waals surface area contributed by atoms with Gasteiger partial charge < -0.3 is 20.7 Å². The molecule has 0 aliphatic carbocycles. The zero-order valence-electron chi connectivity index (χ0n) is 13.9. The Morgan fingerprint density at radius 3 is 2.84 bits per heavy atom. The van der Waals surface area contributed by atoms with E-state index in [1.807, 2.05) is 6.92 Å². The van der Waals surface area contributed by atoms with Gasteiger partial charge in [-0.05, 0) is 56.2 Å². The fraction of sp³-hybridized carbons (Fsp3) is 0.353. The molecule has 1 aromatic heterocycles. The summed E-state index contributed by atoms with van der Waals surface area (Å²) in [7, 11) is 0. The number of nitrogens with one attached hydrogen (secondary N) is 3. The van der Waals surface area contributed by atoms with E-state index in [1.165, 1.54) is 12.1 Å². The topological polar surface area (TPSA) is 71.1 Å². The lowest BCUT2D eigenvalue weighted by Crippen LogP contribution is -2.35. The summed E-state index contributed by atoms with van der Waals surface area (Å²) in [6.45, 7) is 3.34. The third-order valence-corrected chi connectivity index (χ3v) is 3.96. The summed E-state index contributed by atoms with van der Waals surface area (Å²) in [5.41, 5.74) is 1.52. The van der Waals surface area contributed by atoms with Gasteiger partial charge >= 0.3 is 0 Å². The van der Waals surface area contributed by atoms with Gasteiger partial charge in [0.2, 0.25) is 5.95 Å². The average molecular weight is 361 g/mol. The van der Waals surface area contributed by atoms with Gasteiger partial charge in [0.05, 0.1) is 6.10 Å². The largest absolute Gasteiger partial charge is 0.376 e. The molecule has 0 bridgehead atoms. The first-order valence-corrected chi connectivity index (χ1v) is 8.54. The number of ether oxygens (including phenoxy) is 1. The fourth-order valence-electron chi connectivity index (χ4n) is 2.53. The van der Waals surface area contributed by atoms with Gasteiger partial charge in [0.15, 0.2) is 5.11 Å². The lowest BCUT2D eigenvalue weighted by atomic mass is 10.2. The first-order chi connectivity index (χ1) is 12.1. The summed E-state index contributed by atoms with van der Waals surface area (Å²) < 4.78 is 18.5. The summed E-state index contributed by atoms with van der Waals surface area (Å²) >= 11 is 5.28. The Morgan fingerprint density at radius 1 is 1.32 bits per heavy atom. The van der Waals surface area contributed by atoms with Crippen molar-refractivity contribution in [3.63, 3.8) is 0 Å². The van der Waals surface area contributed by atoms with Crippen LogP contribution in [-0.4, -0.2) is 34.3 Å². The maximum atomic E-state index is 13.0. The number of aryl methyl sites for hydroxylation is 1. The minimum absolute atomic E-state index is 0.203. The van der Waals surface area contributed by atoms with Crippen LogP contribution in [0.1, 0.15) is 18.5 Å². The van der Waals surface area contributed by atoms with Gasteiger partial charge in [-0.15, -0.1) is 0 Å². The van der Waals surface area contributed by atoms with Gasteiger partial charge in [-0.25, -0.2) is 9.37 Å². The minimum Gasteiger partial charge on any atom is -0.376 e. The first-order valence-electron chi connectivity index (χ1n) is 8.13. The number of benzene rings is 1. The second-order valence-corrected chi connectivity index (χ2v) is 6.23. The van der Waals surface area contributed by atoms with Gasteiger partial charge in [0.25, 0.3) is 0 Å². The zero-order valence-corrected chi connectivity index (χ0v) is 14.7. The van der Waals surface area contributed by atoms with Crippen LogP contribution in [0.2, 0.25) is 0 Å². The second-order valence-electron chi connectivity index (χ2n) is 5.82. The van der Waals surface area contributed by atoms with Gasteiger partial charge in [-0.2, -0.15) is 4.98 Å². The van der Waals surface area contributed by atoms with Crippen molar-refractivity contribution in [3.05, 3.63) is 41.8 Å². The van der Waals surface area contributed by atoms with Crippen molar-refractivity contribution in [1.82, 2.24) is 15.3 Å². The third-order valence-electron chi connectivity index (χ3n) is 3.71. The number of hydrogen-bond acceptors (Lipinski definition) is 5. The van der Waals surface area contributed by atoms with Gasteiger partial charge in [0, 0.05) is 30.6 Å². The smallest absolute Gasteiger partial charge is 0.231 e. The van der Waals surface area contributed by atoms with Crippen LogP contribution >= 0.6 is 12.2 Å². The Hall–Kier alpha value is -2.32. The minimum atomic E-state index is -0.283. The Balaban J connectivity index is 1.60. The first kappa shape index (κ1) is 17.5. The third kappa shape index (κ3) is 5.33. The molecule has 0 unspecified atom stereocenters. The molecule has 3 N–H and O–H groups in total. The maximum Gasteiger partial charge on any atom is 0.231 e. The molecule has 132 valence electrons. The molecule has 1 fully saturated rings. The molecule has 1 atom stereocenters. The summed E-state index contributed by atoms with van der Waals surface area (Å²) in [6.07, 6.45) is 2.34. The van der Waals surface area contributed by atoms with E-state index in [1.54, 1.807) is 18.2 Å². The zero-order chi connectivity index (χ0) is 17.6. The van der Waals surface area contributed by atoms with E-state index in [2.05, 4.69) is 25.9 Å². The summed E-state index contributed by atoms with van der Waals surface area (Å²) in [4.78, 5) is 8.71. The highest BCUT2D eigenvalue weighted by molar-refractivity contribution is 7.80. The van der Waals surface area contributed by atoms with Crippen molar-refractivity contribution < 1.29 is 9.13 Å². The number of hydrogen-bond donors (Lipinski definition) is 3. The van der Waals surface area contributed by atoms with Crippen molar-refractivity contribution in [2.75, 3.05) is 23.8 Å². The van der Waals surface area contributed by atoms with Crippen LogP contribution in [-0.2, 0) is 4.74 Å². The number of aromatic nitrogens is 2. The number of anilines is 3. The van der Waals surface area contributed by atoms with E-state index in [9.17, 15) is 4.39 Å². The Morgan fingerprint density at radius 2 is 2.12 bits per heavy atom. The van der Waals surface area contributed by atoms with E-state index >= 15 is 0 Å². The molecule has 2 aromatic rings. The van der Waals surface area contributed by atoms with Crippen LogP contribution in [0.15, 0.2) is 30.3 Å². The lowest BCUT2D eigenvalue weighted by Gasteiger charge is -2.14. The van der Waals surface area contributed by atoms with E-state index in [0.29, 0.717) is 23.4 Å². The predicted molar refractivity (Wildman–Crippen MR) is 99.6 cm³/mol. The quantitative estimate of drug-likeness (QED) is 0.707. The SMILES string of the molecule is Cc1cc(Nc2ccc(F)cc2)nc(NC(=S)NC[C@@H]2CCCO2)n1. The Bertz CT molecular complexity index is 734. The van der Waals surface area contributed by atoms with E-state index < -0.39 is 0 Å². The Kier molecular flexibility index (Phi) is 5.72. The van der Waals surface area contributed by atoms with Crippen LogP contribution in [0.4, 0.5) is 21.8 Å². The monoisotopic (exact) mass is 361 g/mol. The molecule has 8 heteroatoms. The van der Waals surface area contributed by atoms with Crippen molar-refractivity contribution in [2.45, 2.75) is 25.9 Å². The molecule has 1 saturated heterocycles. The van der Waals surface area contributed by atoms with Crippen LogP contribution < -0.4 is 16.0 Å². The molecule has 1 aliphatic heterocycles. The van der Waals surface area contributed by atoms with Crippen LogP contribution in [0.3, 0.4) is 0 Å². The maximum absolute atomic E-state index is 13.0. The van der Waals surface area contributed by atoms with Crippen molar-refractivity contribution >= 4 is 34.8 Å². The van der Waals surface area contributed by atoms with Crippen molar-refractivity contribution in [3.8, 4) is 0 Å². The molecule has 3 rings (SSSR count). The molecule has 0 spiro atoms. The molecule has 1 aromatic carbocycles. The number of thiocarbonyl (C=S) groups is 1.